The number of aryl methyl sites for hydroxylation is 1. The molecular weight excluding hydrogens is 292 g/mol. The summed E-state index contributed by atoms with van der Waals surface area (Å²) in [5.41, 5.74) is 1.02. The highest BCUT2D eigenvalue weighted by Gasteiger charge is 2.20. The lowest BCUT2D eigenvalue weighted by Gasteiger charge is -2.09. The summed E-state index contributed by atoms with van der Waals surface area (Å²) in [5, 5.41) is 10.8. The number of sulfonamides is 1. The largest absolute Gasteiger partial charge is 0.270 e. The first-order valence-electron chi connectivity index (χ1n) is 6.19. The number of nitro groups is 1. The SMILES string of the molecule is Cc1ccc([N+](=O)[O-])cc1S(=O)(=O)NCc1ccccc1. The average molecular weight is 306 g/mol. The van der Waals surface area contributed by atoms with Crippen LogP contribution in [0.4, 0.5) is 5.69 Å². The van der Waals surface area contributed by atoms with Gasteiger partial charge in [0, 0.05) is 18.7 Å². The van der Waals surface area contributed by atoms with Gasteiger partial charge in [-0.25, -0.2) is 13.1 Å². The van der Waals surface area contributed by atoms with E-state index in [9.17, 15) is 18.5 Å². The van der Waals surface area contributed by atoms with Gasteiger partial charge in [0.25, 0.3) is 5.69 Å². The molecular formula is C14H14N2O4S. The summed E-state index contributed by atoms with van der Waals surface area (Å²) >= 11 is 0. The molecule has 0 amide bonds. The number of nitro benzene ring substituents is 1. The summed E-state index contributed by atoms with van der Waals surface area (Å²) in [7, 11) is -3.80. The molecule has 0 spiro atoms. The maximum absolute atomic E-state index is 12.3. The molecule has 0 aliphatic rings. The van der Waals surface area contributed by atoms with Crippen molar-refractivity contribution in [3.05, 3.63) is 69.8 Å². The summed E-state index contributed by atoms with van der Waals surface area (Å²) < 4.78 is 27.0. The van der Waals surface area contributed by atoms with Crippen molar-refractivity contribution in [1.82, 2.24) is 4.72 Å². The van der Waals surface area contributed by atoms with Gasteiger partial charge in [-0.3, -0.25) is 10.1 Å². The van der Waals surface area contributed by atoms with Crippen molar-refractivity contribution in [3.8, 4) is 0 Å². The van der Waals surface area contributed by atoms with Crippen LogP contribution < -0.4 is 4.72 Å². The van der Waals surface area contributed by atoms with Crippen molar-refractivity contribution in [2.45, 2.75) is 18.4 Å². The normalized spacial score (nSPS) is 11.3. The van der Waals surface area contributed by atoms with Crippen LogP contribution in [-0.4, -0.2) is 13.3 Å². The Morgan fingerprint density at radius 1 is 1.14 bits per heavy atom. The van der Waals surface area contributed by atoms with Gasteiger partial charge in [-0.2, -0.15) is 0 Å². The fourth-order valence-electron chi connectivity index (χ4n) is 1.84. The van der Waals surface area contributed by atoms with Crippen LogP contribution in [0.25, 0.3) is 0 Å². The molecule has 0 unspecified atom stereocenters. The fraction of sp³-hybridized carbons (Fsp3) is 0.143. The van der Waals surface area contributed by atoms with Crippen molar-refractivity contribution >= 4 is 15.7 Å². The number of rotatable bonds is 5. The first-order valence-corrected chi connectivity index (χ1v) is 7.67. The van der Waals surface area contributed by atoms with E-state index in [4.69, 9.17) is 0 Å². The molecule has 0 aliphatic heterocycles. The molecule has 6 nitrogen and oxygen atoms in total. The number of hydrogen-bond acceptors (Lipinski definition) is 4. The van der Waals surface area contributed by atoms with E-state index in [1.54, 1.807) is 19.1 Å². The quantitative estimate of drug-likeness (QED) is 0.678. The number of non-ortho nitro benzene ring substituents is 1. The Kier molecular flexibility index (Phi) is 4.35. The standard InChI is InChI=1S/C14H14N2O4S/c1-11-7-8-13(16(17)18)9-14(11)21(19,20)15-10-12-5-3-2-4-6-12/h2-9,15H,10H2,1H3. The van der Waals surface area contributed by atoms with Crippen LogP contribution in [0.5, 0.6) is 0 Å². The van der Waals surface area contributed by atoms with Crippen LogP contribution in [0.2, 0.25) is 0 Å². The van der Waals surface area contributed by atoms with Gasteiger partial charge in [-0.15, -0.1) is 0 Å². The molecule has 0 saturated heterocycles. The molecule has 0 bridgehead atoms. The van der Waals surface area contributed by atoms with Gasteiger partial charge in [-0.05, 0) is 18.1 Å². The van der Waals surface area contributed by atoms with Crippen LogP contribution in [0.1, 0.15) is 11.1 Å². The molecule has 0 saturated carbocycles. The number of benzene rings is 2. The second kappa shape index (κ2) is 6.02. The Morgan fingerprint density at radius 3 is 2.43 bits per heavy atom. The number of nitrogens with one attached hydrogen (secondary N) is 1. The van der Waals surface area contributed by atoms with Crippen LogP contribution in [0, 0.1) is 17.0 Å². The molecule has 0 radical (unpaired) electrons. The summed E-state index contributed by atoms with van der Waals surface area (Å²) in [6.07, 6.45) is 0. The first kappa shape index (κ1) is 15.1. The Labute approximate surface area is 122 Å². The molecule has 2 aromatic rings. The summed E-state index contributed by atoms with van der Waals surface area (Å²) in [6, 6.07) is 12.8. The van der Waals surface area contributed by atoms with E-state index in [1.807, 2.05) is 18.2 Å². The van der Waals surface area contributed by atoms with Gasteiger partial charge in [0.1, 0.15) is 0 Å². The average Bonchev–Trinajstić information content (AvgIpc) is 2.46. The van der Waals surface area contributed by atoms with Crippen molar-refractivity contribution in [3.63, 3.8) is 0 Å². The predicted molar refractivity (Wildman–Crippen MR) is 78.3 cm³/mol. The van der Waals surface area contributed by atoms with E-state index in [0.717, 1.165) is 11.6 Å². The minimum Gasteiger partial charge on any atom is -0.258 e. The highest BCUT2D eigenvalue weighted by atomic mass is 32.2. The summed E-state index contributed by atoms with van der Waals surface area (Å²) in [5.74, 6) is 0. The molecule has 2 rings (SSSR count). The molecule has 0 heterocycles. The van der Waals surface area contributed by atoms with Crippen molar-refractivity contribution in [2.75, 3.05) is 0 Å². The number of hydrogen-bond donors (Lipinski definition) is 1. The highest BCUT2D eigenvalue weighted by Crippen LogP contribution is 2.21. The summed E-state index contributed by atoms with van der Waals surface area (Å²) in [4.78, 5) is 10.1. The maximum Gasteiger partial charge on any atom is 0.270 e. The third-order valence-corrected chi connectivity index (χ3v) is 4.52. The van der Waals surface area contributed by atoms with E-state index >= 15 is 0 Å². The van der Waals surface area contributed by atoms with Gasteiger partial charge in [-0.1, -0.05) is 36.4 Å². The third kappa shape index (κ3) is 3.65. The van der Waals surface area contributed by atoms with Crippen molar-refractivity contribution in [1.29, 1.82) is 0 Å². The van der Waals surface area contributed by atoms with Gasteiger partial charge in [0.15, 0.2) is 0 Å². The Balaban J connectivity index is 2.27. The molecule has 0 fully saturated rings. The smallest absolute Gasteiger partial charge is 0.258 e. The highest BCUT2D eigenvalue weighted by molar-refractivity contribution is 7.89. The van der Waals surface area contributed by atoms with Crippen LogP contribution >= 0.6 is 0 Å². The molecule has 110 valence electrons. The molecule has 7 heteroatoms. The second-order valence-corrected chi connectivity index (χ2v) is 6.25. The fourth-order valence-corrected chi connectivity index (χ4v) is 3.12. The van der Waals surface area contributed by atoms with Gasteiger partial charge in [0.05, 0.1) is 9.82 Å². The third-order valence-electron chi connectivity index (χ3n) is 2.98. The molecule has 2 aromatic carbocycles. The first-order chi connectivity index (χ1) is 9.90. The molecule has 21 heavy (non-hydrogen) atoms. The monoisotopic (exact) mass is 306 g/mol. The van der Waals surface area contributed by atoms with Crippen LogP contribution in [0.3, 0.4) is 0 Å². The van der Waals surface area contributed by atoms with E-state index < -0.39 is 14.9 Å². The van der Waals surface area contributed by atoms with E-state index in [-0.39, 0.29) is 17.1 Å². The zero-order chi connectivity index (χ0) is 15.5. The Bertz CT molecular complexity index is 758. The van der Waals surface area contributed by atoms with E-state index in [1.165, 1.54) is 12.1 Å². The number of nitrogens with zero attached hydrogens (tertiary/aromatic N) is 1. The van der Waals surface area contributed by atoms with Crippen LogP contribution in [0.15, 0.2) is 53.4 Å². The minimum absolute atomic E-state index is 0.0763. The van der Waals surface area contributed by atoms with Crippen molar-refractivity contribution in [2.24, 2.45) is 0 Å². The second-order valence-electron chi connectivity index (χ2n) is 4.52. The molecule has 0 aromatic heterocycles. The lowest BCUT2D eigenvalue weighted by molar-refractivity contribution is -0.385. The predicted octanol–water partition coefficient (Wildman–Crippen LogP) is 2.38. The van der Waals surface area contributed by atoms with Gasteiger partial charge >= 0.3 is 0 Å². The van der Waals surface area contributed by atoms with E-state index in [2.05, 4.69) is 4.72 Å². The Morgan fingerprint density at radius 2 is 1.81 bits per heavy atom. The lowest BCUT2D eigenvalue weighted by atomic mass is 10.2. The van der Waals surface area contributed by atoms with Gasteiger partial charge < -0.3 is 0 Å². The minimum atomic E-state index is -3.80. The molecule has 0 aliphatic carbocycles. The lowest BCUT2D eigenvalue weighted by Crippen LogP contribution is -2.24. The van der Waals surface area contributed by atoms with Crippen molar-refractivity contribution < 1.29 is 13.3 Å². The maximum atomic E-state index is 12.3. The zero-order valence-corrected chi connectivity index (χ0v) is 12.1. The van der Waals surface area contributed by atoms with E-state index in [0.29, 0.717) is 5.56 Å². The molecule has 0 atom stereocenters. The topological polar surface area (TPSA) is 89.3 Å². The molecule has 1 N–H and O–H groups in total. The Hall–Kier alpha value is -2.25. The van der Waals surface area contributed by atoms with Crippen LogP contribution in [-0.2, 0) is 16.6 Å². The van der Waals surface area contributed by atoms with Gasteiger partial charge in [0.2, 0.25) is 10.0 Å². The zero-order valence-electron chi connectivity index (χ0n) is 11.3. The summed E-state index contributed by atoms with van der Waals surface area (Å²) in [6.45, 7) is 1.73.